The van der Waals surface area contributed by atoms with Crippen molar-refractivity contribution in [2.45, 2.75) is 6.54 Å². The molecule has 5 heteroatoms. The number of halogens is 1. The number of benzene rings is 1. The summed E-state index contributed by atoms with van der Waals surface area (Å²) in [6.07, 6.45) is 1.80. The Hall–Kier alpha value is -1.75. The zero-order valence-corrected chi connectivity index (χ0v) is 13.4. The van der Waals surface area contributed by atoms with Crippen molar-refractivity contribution in [1.29, 1.82) is 0 Å². The molecule has 0 fully saturated rings. The van der Waals surface area contributed by atoms with Crippen LogP contribution in [0.5, 0.6) is 5.75 Å². The molecule has 0 spiro atoms. The molecule has 106 valence electrons. The van der Waals surface area contributed by atoms with Gasteiger partial charge in [-0.1, -0.05) is 15.9 Å². The van der Waals surface area contributed by atoms with E-state index in [4.69, 9.17) is 4.74 Å². The van der Waals surface area contributed by atoms with Crippen LogP contribution < -0.4 is 15.0 Å². The summed E-state index contributed by atoms with van der Waals surface area (Å²) in [4.78, 5) is 6.37. The molecule has 4 nitrogen and oxygen atoms in total. The fourth-order valence-corrected chi connectivity index (χ4v) is 2.18. The van der Waals surface area contributed by atoms with Gasteiger partial charge in [-0.05, 0) is 29.8 Å². The molecular formula is C15H18BrN3O. The number of aromatic nitrogens is 1. The van der Waals surface area contributed by atoms with E-state index in [0.29, 0.717) is 6.54 Å². The molecule has 0 atom stereocenters. The third-order valence-corrected chi connectivity index (χ3v) is 3.75. The first-order valence-corrected chi connectivity index (χ1v) is 7.09. The SMILES string of the molecule is COc1ccc(Br)c(CNc2cc(N(C)C)ccn2)c1. The third-order valence-electron chi connectivity index (χ3n) is 2.97. The van der Waals surface area contributed by atoms with E-state index in [1.165, 1.54) is 0 Å². The monoisotopic (exact) mass is 335 g/mol. The second-order valence-corrected chi connectivity index (χ2v) is 5.46. The summed E-state index contributed by atoms with van der Waals surface area (Å²) in [5, 5.41) is 3.33. The van der Waals surface area contributed by atoms with Gasteiger partial charge in [-0.2, -0.15) is 0 Å². The maximum atomic E-state index is 5.24. The minimum absolute atomic E-state index is 0.682. The van der Waals surface area contributed by atoms with Crippen molar-refractivity contribution in [1.82, 2.24) is 4.98 Å². The molecule has 1 aromatic carbocycles. The lowest BCUT2D eigenvalue weighted by atomic mass is 10.2. The zero-order chi connectivity index (χ0) is 14.5. The fraction of sp³-hybridized carbons (Fsp3) is 0.267. The molecule has 0 aliphatic heterocycles. The van der Waals surface area contributed by atoms with Gasteiger partial charge in [-0.25, -0.2) is 4.98 Å². The van der Waals surface area contributed by atoms with E-state index in [1.54, 1.807) is 13.3 Å². The molecule has 1 N–H and O–H groups in total. The number of nitrogens with one attached hydrogen (secondary N) is 1. The Morgan fingerprint density at radius 2 is 2.05 bits per heavy atom. The van der Waals surface area contributed by atoms with Gasteiger partial charge < -0.3 is 15.0 Å². The molecule has 0 radical (unpaired) electrons. The summed E-state index contributed by atoms with van der Waals surface area (Å²) in [7, 11) is 5.69. The normalized spacial score (nSPS) is 10.2. The first-order valence-electron chi connectivity index (χ1n) is 6.30. The second kappa shape index (κ2) is 6.61. The van der Waals surface area contributed by atoms with Crippen LogP contribution in [0.3, 0.4) is 0 Å². The topological polar surface area (TPSA) is 37.4 Å². The third kappa shape index (κ3) is 3.63. The van der Waals surface area contributed by atoms with Gasteiger partial charge in [0.05, 0.1) is 7.11 Å². The largest absolute Gasteiger partial charge is 0.497 e. The van der Waals surface area contributed by atoms with Crippen molar-refractivity contribution >= 4 is 27.4 Å². The number of nitrogens with zero attached hydrogens (tertiary/aromatic N) is 2. The van der Waals surface area contributed by atoms with E-state index in [0.717, 1.165) is 27.3 Å². The highest BCUT2D eigenvalue weighted by atomic mass is 79.9. The van der Waals surface area contributed by atoms with Crippen LogP contribution in [0.2, 0.25) is 0 Å². The molecule has 0 saturated carbocycles. The number of ether oxygens (including phenoxy) is 1. The average molecular weight is 336 g/mol. The van der Waals surface area contributed by atoms with E-state index < -0.39 is 0 Å². The summed E-state index contributed by atoms with van der Waals surface area (Å²) < 4.78 is 6.29. The molecule has 0 aliphatic rings. The molecule has 0 saturated heterocycles. The number of rotatable bonds is 5. The van der Waals surface area contributed by atoms with Crippen molar-refractivity contribution in [3.05, 3.63) is 46.6 Å². The standard InChI is InChI=1S/C15H18BrN3O/c1-19(2)12-6-7-17-15(9-12)18-10-11-8-13(20-3)4-5-14(11)16/h4-9H,10H2,1-3H3,(H,17,18). The number of hydrogen-bond donors (Lipinski definition) is 1. The van der Waals surface area contributed by atoms with Crippen LogP contribution in [0.4, 0.5) is 11.5 Å². The number of hydrogen-bond acceptors (Lipinski definition) is 4. The molecule has 0 aliphatic carbocycles. The Balaban J connectivity index is 2.10. The van der Waals surface area contributed by atoms with Crippen LogP contribution in [-0.2, 0) is 6.54 Å². The van der Waals surface area contributed by atoms with Gasteiger partial charge in [0.1, 0.15) is 11.6 Å². The van der Waals surface area contributed by atoms with Gasteiger partial charge in [0, 0.05) is 43.1 Å². The molecule has 0 unspecified atom stereocenters. The second-order valence-electron chi connectivity index (χ2n) is 4.60. The molecule has 1 aromatic heterocycles. The molecular weight excluding hydrogens is 318 g/mol. The Labute approximate surface area is 127 Å². The summed E-state index contributed by atoms with van der Waals surface area (Å²) in [6.45, 7) is 0.682. The van der Waals surface area contributed by atoms with Gasteiger partial charge >= 0.3 is 0 Å². The summed E-state index contributed by atoms with van der Waals surface area (Å²) >= 11 is 3.55. The van der Waals surface area contributed by atoms with E-state index in [9.17, 15) is 0 Å². The van der Waals surface area contributed by atoms with Crippen LogP contribution in [0.15, 0.2) is 41.0 Å². The van der Waals surface area contributed by atoms with Crippen molar-refractivity contribution < 1.29 is 4.74 Å². The lowest BCUT2D eigenvalue weighted by molar-refractivity contribution is 0.414. The van der Waals surface area contributed by atoms with Crippen molar-refractivity contribution in [3.63, 3.8) is 0 Å². The smallest absolute Gasteiger partial charge is 0.128 e. The minimum Gasteiger partial charge on any atom is -0.497 e. The summed E-state index contributed by atoms with van der Waals surface area (Å²) in [6, 6.07) is 9.92. The fourth-order valence-electron chi connectivity index (χ4n) is 1.79. The molecule has 2 rings (SSSR count). The maximum absolute atomic E-state index is 5.24. The molecule has 0 amide bonds. The number of pyridine rings is 1. The van der Waals surface area contributed by atoms with Crippen LogP contribution in [0, 0.1) is 0 Å². The van der Waals surface area contributed by atoms with Crippen LogP contribution >= 0.6 is 15.9 Å². The highest BCUT2D eigenvalue weighted by Crippen LogP contribution is 2.23. The van der Waals surface area contributed by atoms with Crippen LogP contribution in [-0.4, -0.2) is 26.2 Å². The average Bonchev–Trinajstić information content (AvgIpc) is 2.46. The van der Waals surface area contributed by atoms with Gasteiger partial charge in [-0.3, -0.25) is 0 Å². The molecule has 1 heterocycles. The van der Waals surface area contributed by atoms with E-state index in [2.05, 4.69) is 26.2 Å². The van der Waals surface area contributed by atoms with Crippen LogP contribution in [0.25, 0.3) is 0 Å². The van der Waals surface area contributed by atoms with Gasteiger partial charge in [0.2, 0.25) is 0 Å². The highest BCUT2D eigenvalue weighted by Gasteiger charge is 2.04. The number of anilines is 2. The maximum Gasteiger partial charge on any atom is 0.128 e. The van der Waals surface area contributed by atoms with Gasteiger partial charge in [0.25, 0.3) is 0 Å². The molecule has 20 heavy (non-hydrogen) atoms. The van der Waals surface area contributed by atoms with E-state index >= 15 is 0 Å². The Bertz CT molecular complexity index is 587. The predicted molar refractivity (Wildman–Crippen MR) is 86.6 cm³/mol. The molecule has 0 bridgehead atoms. The Morgan fingerprint density at radius 1 is 1.25 bits per heavy atom. The van der Waals surface area contributed by atoms with Gasteiger partial charge in [-0.15, -0.1) is 0 Å². The first kappa shape index (κ1) is 14.7. The highest BCUT2D eigenvalue weighted by molar-refractivity contribution is 9.10. The van der Waals surface area contributed by atoms with E-state index in [-0.39, 0.29) is 0 Å². The van der Waals surface area contributed by atoms with Crippen molar-refractivity contribution in [2.24, 2.45) is 0 Å². The first-order chi connectivity index (χ1) is 9.60. The number of methoxy groups -OCH3 is 1. The minimum atomic E-state index is 0.682. The molecule has 2 aromatic rings. The summed E-state index contributed by atoms with van der Waals surface area (Å²) in [5.74, 6) is 1.70. The van der Waals surface area contributed by atoms with Gasteiger partial charge in [0.15, 0.2) is 0 Å². The predicted octanol–water partition coefficient (Wildman–Crippen LogP) is 3.53. The van der Waals surface area contributed by atoms with Crippen molar-refractivity contribution in [2.75, 3.05) is 31.4 Å². The zero-order valence-electron chi connectivity index (χ0n) is 11.9. The quantitative estimate of drug-likeness (QED) is 0.906. The lowest BCUT2D eigenvalue weighted by Crippen LogP contribution is -2.10. The Morgan fingerprint density at radius 3 is 2.75 bits per heavy atom. The Kier molecular flexibility index (Phi) is 4.84. The lowest BCUT2D eigenvalue weighted by Gasteiger charge is -2.14. The van der Waals surface area contributed by atoms with E-state index in [1.807, 2.05) is 49.3 Å². The van der Waals surface area contributed by atoms with Crippen LogP contribution in [0.1, 0.15) is 5.56 Å². The van der Waals surface area contributed by atoms with Crippen molar-refractivity contribution in [3.8, 4) is 5.75 Å². The summed E-state index contributed by atoms with van der Waals surface area (Å²) in [5.41, 5.74) is 2.24.